The molecule has 0 N–H and O–H groups in total. The normalized spacial score (nSPS) is 53.4. The summed E-state index contributed by atoms with van der Waals surface area (Å²) in [5.41, 5.74) is 0.810. The van der Waals surface area contributed by atoms with Crippen molar-refractivity contribution in [3.8, 4) is 0 Å². The van der Waals surface area contributed by atoms with E-state index >= 15 is 0 Å². The molecule has 0 bridgehead atoms. The fraction of sp³-hybridized carbons (Fsp3) is 1.00. The molecule has 2 saturated carbocycles. The molecule has 0 radical (unpaired) electrons. The van der Waals surface area contributed by atoms with Gasteiger partial charge < -0.3 is 0 Å². The smallest absolute Gasteiger partial charge is 0.0294 e. The van der Waals surface area contributed by atoms with Gasteiger partial charge in [0.15, 0.2) is 0 Å². The minimum atomic E-state index is 0.810. The lowest BCUT2D eigenvalue weighted by atomic mass is 10.0. The molecule has 58 valence electrons. The van der Waals surface area contributed by atoms with E-state index in [4.69, 9.17) is 0 Å². The van der Waals surface area contributed by atoms with Gasteiger partial charge in [0.25, 0.3) is 0 Å². The molecule has 0 aromatic rings. The molecule has 3 unspecified atom stereocenters. The summed E-state index contributed by atoms with van der Waals surface area (Å²) >= 11 is 0. The summed E-state index contributed by atoms with van der Waals surface area (Å²) in [4.78, 5) is 0. The van der Waals surface area contributed by atoms with Crippen molar-refractivity contribution >= 4 is 0 Å². The maximum Gasteiger partial charge on any atom is -0.0294 e. The van der Waals surface area contributed by atoms with E-state index in [0.29, 0.717) is 0 Å². The number of rotatable bonds is 0. The standard InChI is InChI=1S/C10H18/c1-8-4-3-5-10(2)7-9(10)6-8/h8-9H,3-7H2,1-2H3. The zero-order valence-electron chi connectivity index (χ0n) is 7.19. The molecule has 10 heavy (non-hydrogen) atoms. The van der Waals surface area contributed by atoms with Crippen molar-refractivity contribution in [3.63, 3.8) is 0 Å². The first kappa shape index (κ1) is 6.69. The van der Waals surface area contributed by atoms with Crippen LogP contribution in [0.15, 0.2) is 0 Å². The van der Waals surface area contributed by atoms with Gasteiger partial charge in [-0.15, -0.1) is 0 Å². The first-order valence-corrected chi connectivity index (χ1v) is 4.71. The Balaban J connectivity index is 2.00. The van der Waals surface area contributed by atoms with E-state index in [1.165, 1.54) is 32.1 Å². The van der Waals surface area contributed by atoms with Crippen molar-refractivity contribution < 1.29 is 0 Å². The third kappa shape index (κ3) is 0.980. The van der Waals surface area contributed by atoms with Gasteiger partial charge in [-0.1, -0.05) is 26.7 Å². The molecule has 0 amide bonds. The van der Waals surface area contributed by atoms with E-state index in [0.717, 1.165) is 17.3 Å². The maximum atomic E-state index is 2.48. The van der Waals surface area contributed by atoms with Crippen LogP contribution in [0.2, 0.25) is 0 Å². The van der Waals surface area contributed by atoms with Gasteiger partial charge in [0.1, 0.15) is 0 Å². The molecular weight excluding hydrogens is 120 g/mol. The molecule has 0 aliphatic heterocycles. The third-order valence-corrected chi connectivity index (χ3v) is 3.67. The van der Waals surface area contributed by atoms with Gasteiger partial charge in [-0.3, -0.25) is 0 Å². The summed E-state index contributed by atoms with van der Waals surface area (Å²) in [6.07, 6.45) is 7.57. The van der Waals surface area contributed by atoms with Crippen LogP contribution in [0.1, 0.15) is 46.0 Å². The van der Waals surface area contributed by atoms with Crippen LogP contribution in [0.3, 0.4) is 0 Å². The van der Waals surface area contributed by atoms with Crippen molar-refractivity contribution in [1.82, 2.24) is 0 Å². The lowest BCUT2D eigenvalue weighted by Gasteiger charge is -2.05. The Morgan fingerprint density at radius 1 is 1.40 bits per heavy atom. The second-order valence-corrected chi connectivity index (χ2v) is 4.79. The first-order chi connectivity index (χ1) is 4.71. The Kier molecular flexibility index (Phi) is 1.33. The van der Waals surface area contributed by atoms with Crippen LogP contribution in [0, 0.1) is 17.3 Å². The number of hydrogen-bond acceptors (Lipinski definition) is 0. The second-order valence-electron chi connectivity index (χ2n) is 4.79. The van der Waals surface area contributed by atoms with E-state index in [-0.39, 0.29) is 0 Å². The molecule has 2 aliphatic carbocycles. The molecule has 0 aromatic heterocycles. The van der Waals surface area contributed by atoms with E-state index < -0.39 is 0 Å². The van der Waals surface area contributed by atoms with Crippen molar-refractivity contribution in [2.45, 2.75) is 46.0 Å². The monoisotopic (exact) mass is 138 g/mol. The van der Waals surface area contributed by atoms with Crippen LogP contribution in [0.25, 0.3) is 0 Å². The molecule has 0 heterocycles. The van der Waals surface area contributed by atoms with Gasteiger partial charge in [-0.05, 0) is 36.5 Å². The Morgan fingerprint density at radius 3 is 3.00 bits per heavy atom. The van der Waals surface area contributed by atoms with E-state index in [2.05, 4.69) is 13.8 Å². The minimum Gasteiger partial charge on any atom is -0.0625 e. The highest BCUT2D eigenvalue weighted by Crippen LogP contribution is 2.60. The topological polar surface area (TPSA) is 0 Å². The Bertz CT molecular complexity index is 139. The Labute approximate surface area is 64.0 Å². The molecule has 0 spiro atoms. The largest absolute Gasteiger partial charge is 0.0625 e. The summed E-state index contributed by atoms with van der Waals surface area (Å²) in [6, 6.07) is 0. The lowest BCUT2D eigenvalue weighted by molar-refractivity contribution is 0.461. The lowest BCUT2D eigenvalue weighted by Crippen LogP contribution is -1.94. The summed E-state index contributed by atoms with van der Waals surface area (Å²) in [7, 11) is 0. The van der Waals surface area contributed by atoms with Crippen LogP contribution in [-0.2, 0) is 0 Å². The maximum absolute atomic E-state index is 2.48. The van der Waals surface area contributed by atoms with E-state index in [1.807, 2.05) is 0 Å². The average molecular weight is 138 g/mol. The van der Waals surface area contributed by atoms with Crippen molar-refractivity contribution in [1.29, 1.82) is 0 Å². The zero-order valence-corrected chi connectivity index (χ0v) is 7.19. The highest BCUT2D eigenvalue weighted by Gasteiger charge is 2.50. The van der Waals surface area contributed by atoms with Crippen molar-refractivity contribution in [3.05, 3.63) is 0 Å². The van der Waals surface area contributed by atoms with Gasteiger partial charge in [-0.2, -0.15) is 0 Å². The minimum absolute atomic E-state index is 0.810. The van der Waals surface area contributed by atoms with Crippen LogP contribution < -0.4 is 0 Å². The molecular formula is C10H18. The third-order valence-electron chi connectivity index (χ3n) is 3.67. The summed E-state index contributed by atoms with van der Waals surface area (Å²) < 4.78 is 0. The quantitative estimate of drug-likeness (QED) is 0.482. The molecule has 2 aliphatic rings. The summed E-state index contributed by atoms with van der Waals surface area (Å²) in [5, 5.41) is 0. The average Bonchev–Trinajstić information content (AvgIpc) is 2.41. The van der Waals surface area contributed by atoms with E-state index in [9.17, 15) is 0 Å². The van der Waals surface area contributed by atoms with Gasteiger partial charge in [0, 0.05) is 0 Å². The first-order valence-electron chi connectivity index (χ1n) is 4.71. The van der Waals surface area contributed by atoms with Gasteiger partial charge in [-0.25, -0.2) is 0 Å². The summed E-state index contributed by atoms with van der Waals surface area (Å²) in [6.45, 7) is 4.90. The predicted octanol–water partition coefficient (Wildman–Crippen LogP) is 3.22. The van der Waals surface area contributed by atoms with Gasteiger partial charge in [0.2, 0.25) is 0 Å². The number of hydrogen-bond donors (Lipinski definition) is 0. The van der Waals surface area contributed by atoms with Crippen LogP contribution >= 0.6 is 0 Å². The van der Waals surface area contributed by atoms with Gasteiger partial charge >= 0.3 is 0 Å². The second kappa shape index (κ2) is 1.99. The molecule has 0 nitrogen and oxygen atoms in total. The highest BCUT2D eigenvalue weighted by atomic mass is 14.5. The SMILES string of the molecule is CC1CCCC2(C)CC2C1. The Morgan fingerprint density at radius 2 is 2.20 bits per heavy atom. The fourth-order valence-electron chi connectivity index (χ4n) is 2.64. The number of fused-ring (bicyclic) bond motifs is 1. The molecule has 0 heteroatoms. The molecule has 2 fully saturated rings. The van der Waals surface area contributed by atoms with E-state index in [1.54, 1.807) is 0 Å². The van der Waals surface area contributed by atoms with Crippen LogP contribution in [-0.4, -0.2) is 0 Å². The Hall–Kier alpha value is 0. The summed E-state index contributed by atoms with van der Waals surface area (Å²) in [5.74, 6) is 2.14. The highest BCUT2D eigenvalue weighted by molar-refractivity contribution is 5.00. The van der Waals surface area contributed by atoms with Crippen LogP contribution in [0.5, 0.6) is 0 Å². The fourth-order valence-corrected chi connectivity index (χ4v) is 2.64. The van der Waals surface area contributed by atoms with Crippen molar-refractivity contribution in [2.75, 3.05) is 0 Å². The molecule has 2 rings (SSSR count). The zero-order chi connectivity index (χ0) is 7.19. The predicted molar refractivity (Wildman–Crippen MR) is 43.8 cm³/mol. The van der Waals surface area contributed by atoms with Crippen LogP contribution in [0.4, 0.5) is 0 Å². The van der Waals surface area contributed by atoms with Gasteiger partial charge in [0.05, 0.1) is 0 Å². The molecule has 3 atom stereocenters. The van der Waals surface area contributed by atoms with Crippen molar-refractivity contribution in [2.24, 2.45) is 17.3 Å². The molecule has 0 saturated heterocycles. The molecule has 0 aromatic carbocycles.